The molecule has 22 heavy (non-hydrogen) atoms. The van der Waals surface area contributed by atoms with Gasteiger partial charge in [0.05, 0.1) is 12.3 Å². The average molecular weight is 306 g/mol. The Morgan fingerprint density at radius 2 is 2.14 bits per heavy atom. The minimum absolute atomic E-state index is 0.127. The molecule has 1 aliphatic rings. The van der Waals surface area contributed by atoms with Crippen molar-refractivity contribution in [2.24, 2.45) is 0 Å². The van der Waals surface area contributed by atoms with Gasteiger partial charge in [0.25, 0.3) is 0 Å². The van der Waals surface area contributed by atoms with Gasteiger partial charge in [-0.3, -0.25) is 4.79 Å². The molecule has 1 aromatic rings. The van der Waals surface area contributed by atoms with E-state index in [1.165, 1.54) is 0 Å². The molecule has 0 aromatic carbocycles. The molecule has 0 spiro atoms. The minimum atomic E-state index is -0.136. The summed E-state index contributed by atoms with van der Waals surface area (Å²) in [5.41, 5.74) is 0.715. The molecule has 6 heteroatoms. The van der Waals surface area contributed by atoms with E-state index in [1.54, 1.807) is 12.0 Å². The van der Waals surface area contributed by atoms with E-state index in [-0.39, 0.29) is 17.4 Å². The van der Waals surface area contributed by atoms with Gasteiger partial charge in [0.15, 0.2) is 0 Å². The summed E-state index contributed by atoms with van der Waals surface area (Å²) in [7, 11) is 3.50. The molecule has 0 radical (unpaired) electrons. The lowest BCUT2D eigenvalue weighted by Gasteiger charge is -2.30. The molecule has 1 fully saturated rings. The van der Waals surface area contributed by atoms with E-state index in [0.29, 0.717) is 13.0 Å². The molecule has 2 heterocycles. The minimum Gasteiger partial charge on any atom is -0.378 e. The topological polar surface area (TPSA) is 67.3 Å². The second kappa shape index (κ2) is 6.60. The molecule has 1 saturated heterocycles. The molecule has 1 N–H and O–H groups in total. The highest BCUT2D eigenvalue weighted by Crippen LogP contribution is 2.22. The molecular formula is C16H26N4O2. The van der Waals surface area contributed by atoms with Crippen molar-refractivity contribution in [2.75, 3.05) is 26.0 Å². The van der Waals surface area contributed by atoms with Gasteiger partial charge >= 0.3 is 0 Å². The summed E-state index contributed by atoms with van der Waals surface area (Å²) in [6.45, 7) is 7.48. The lowest BCUT2D eigenvalue weighted by atomic mass is 9.95. The van der Waals surface area contributed by atoms with Gasteiger partial charge in [0, 0.05) is 44.6 Å². The second-order valence-electron chi connectivity index (χ2n) is 6.90. The van der Waals surface area contributed by atoms with Gasteiger partial charge in [0.1, 0.15) is 11.6 Å². The standard InChI is InChI=1S/C16H26N4O2/c1-16(2,3)15-18-12(10-22-5)8-13(19-15)17-11-6-7-20(4)14(21)9-11/h8,11H,6-7,9-10H2,1-5H3,(H,17,18,19). The van der Waals surface area contributed by atoms with Crippen LogP contribution in [0.1, 0.15) is 45.1 Å². The van der Waals surface area contributed by atoms with Crippen molar-refractivity contribution in [1.82, 2.24) is 14.9 Å². The molecule has 1 aliphatic heterocycles. The van der Waals surface area contributed by atoms with Crippen molar-refractivity contribution in [3.8, 4) is 0 Å². The highest BCUT2D eigenvalue weighted by atomic mass is 16.5. The third-order valence-corrected chi connectivity index (χ3v) is 3.75. The molecule has 1 aromatic heterocycles. The fraction of sp³-hybridized carbons (Fsp3) is 0.688. The highest BCUT2D eigenvalue weighted by Gasteiger charge is 2.24. The van der Waals surface area contributed by atoms with E-state index in [0.717, 1.165) is 30.3 Å². The number of carbonyl (C=O) groups is 1. The number of carbonyl (C=O) groups excluding carboxylic acids is 1. The SMILES string of the molecule is COCc1cc(NC2CCN(C)C(=O)C2)nc(C(C)(C)C)n1. The number of amides is 1. The zero-order chi connectivity index (χ0) is 16.3. The molecule has 1 atom stereocenters. The van der Waals surface area contributed by atoms with E-state index in [1.807, 2.05) is 13.1 Å². The van der Waals surface area contributed by atoms with Crippen molar-refractivity contribution in [3.05, 3.63) is 17.6 Å². The van der Waals surface area contributed by atoms with Crippen LogP contribution in [0.15, 0.2) is 6.07 Å². The van der Waals surface area contributed by atoms with Crippen molar-refractivity contribution in [1.29, 1.82) is 0 Å². The summed E-state index contributed by atoms with van der Waals surface area (Å²) in [5.74, 6) is 1.73. The van der Waals surface area contributed by atoms with Crippen LogP contribution in [0.3, 0.4) is 0 Å². The van der Waals surface area contributed by atoms with Gasteiger partial charge in [-0.1, -0.05) is 20.8 Å². The van der Waals surface area contributed by atoms with Crippen LogP contribution < -0.4 is 5.32 Å². The molecule has 122 valence electrons. The molecule has 1 amide bonds. The van der Waals surface area contributed by atoms with Crippen LogP contribution in [0.2, 0.25) is 0 Å². The number of methoxy groups -OCH3 is 1. The fourth-order valence-corrected chi connectivity index (χ4v) is 2.40. The average Bonchev–Trinajstić information content (AvgIpc) is 2.42. The van der Waals surface area contributed by atoms with Crippen LogP contribution >= 0.6 is 0 Å². The number of likely N-dealkylation sites (tertiary alicyclic amines) is 1. The number of anilines is 1. The summed E-state index contributed by atoms with van der Waals surface area (Å²) in [4.78, 5) is 22.8. The maximum atomic E-state index is 11.8. The quantitative estimate of drug-likeness (QED) is 0.921. The van der Waals surface area contributed by atoms with E-state index in [4.69, 9.17) is 4.74 Å². The zero-order valence-corrected chi connectivity index (χ0v) is 14.1. The third kappa shape index (κ3) is 4.16. The number of ether oxygens (including phenoxy) is 1. The first-order chi connectivity index (χ1) is 10.3. The Labute approximate surface area is 132 Å². The molecule has 6 nitrogen and oxygen atoms in total. The zero-order valence-electron chi connectivity index (χ0n) is 14.1. The van der Waals surface area contributed by atoms with Crippen LogP contribution in [0, 0.1) is 0 Å². The van der Waals surface area contributed by atoms with Gasteiger partial charge in [-0.15, -0.1) is 0 Å². The molecule has 0 bridgehead atoms. The number of hydrogen-bond acceptors (Lipinski definition) is 5. The summed E-state index contributed by atoms with van der Waals surface area (Å²) in [6.07, 6.45) is 1.43. The summed E-state index contributed by atoms with van der Waals surface area (Å²) >= 11 is 0. The lowest BCUT2D eigenvalue weighted by Crippen LogP contribution is -2.41. The smallest absolute Gasteiger partial charge is 0.224 e. The van der Waals surface area contributed by atoms with Crippen LogP contribution in [0.5, 0.6) is 0 Å². The molecule has 2 rings (SSSR count). The highest BCUT2D eigenvalue weighted by molar-refractivity contribution is 5.77. The first kappa shape index (κ1) is 16.7. The van der Waals surface area contributed by atoms with Gasteiger partial charge in [-0.25, -0.2) is 9.97 Å². The second-order valence-corrected chi connectivity index (χ2v) is 6.90. The Bertz CT molecular complexity index is 539. The molecule has 1 unspecified atom stereocenters. The summed E-state index contributed by atoms with van der Waals surface area (Å²) in [5, 5.41) is 3.39. The van der Waals surface area contributed by atoms with Crippen molar-refractivity contribution in [2.45, 2.75) is 51.7 Å². The van der Waals surface area contributed by atoms with Gasteiger partial charge in [0.2, 0.25) is 5.91 Å². The molecular weight excluding hydrogens is 280 g/mol. The number of nitrogens with zero attached hydrogens (tertiary/aromatic N) is 3. The Balaban J connectivity index is 2.19. The van der Waals surface area contributed by atoms with Gasteiger partial charge < -0.3 is 15.0 Å². The van der Waals surface area contributed by atoms with Crippen LogP contribution in [0.4, 0.5) is 5.82 Å². The first-order valence-electron chi connectivity index (χ1n) is 7.67. The van der Waals surface area contributed by atoms with E-state index >= 15 is 0 Å². The van der Waals surface area contributed by atoms with Crippen molar-refractivity contribution in [3.63, 3.8) is 0 Å². The number of aromatic nitrogens is 2. The number of piperidine rings is 1. The number of rotatable bonds is 4. The van der Waals surface area contributed by atoms with Gasteiger partial charge in [-0.05, 0) is 6.42 Å². The predicted molar refractivity (Wildman–Crippen MR) is 85.7 cm³/mol. The maximum absolute atomic E-state index is 11.8. The number of nitrogens with one attached hydrogen (secondary N) is 1. The van der Waals surface area contributed by atoms with Crippen LogP contribution in [0.25, 0.3) is 0 Å². The van der Waals surface area contributed by atoms with E-state index in [2.05, 4.69) is 36.1 Å². The third-order valence-electron chi connectivity index (χ3n) is 3.75. The van der Waals surface area contributed by atoms with E-state index in [9.17, 15) is 4.79 Å². The largest absolute Gasteiger partial charge is 0.378 e. The normalized spacial score (nSPS) is 19.4. The lowest BCUT2D eigenvalue weighted by molar-refractivity contribution is -0.132. The van der Waals surface area contributed by atoms with Crippen molar-refractivity contribution < 1.29 is 9.53 Å². The molecule has 0 saturated carbocycles. The number of hydrogen-bond donors (Lipinski definition) is 1. The summed E-state index contributed by atoms with van der Waals surface area (Å²) in [6, 6.07) is 2.03. The Morgan fingerprint density at radius 3 is 2.73 bits per heavy atom. The van der Waals surface area contributed by atoms with Gasteiger partial charge in [-0.2, -0.15) is 0 Å². The monoisotopic (exact) mass is 306 g/mol. The Kier molecular flexibility index (Phi) is 5.01. The van der Waals surface area contributed by atoms with Crippen LogP contribution in [-0.2, 0) is 21.6 Å². The summed E-state index contributed by atoms with van der Waals surface area (Å²) < 4.78 is 5.19. The first-order valence-corrected chi connectivity index (χ1v) is 7.67. The molecule has 0 aliphatic carbocycles. The van der Waals surface area contributed by atoms with Crippen LogP contribution in [-0.4, -0.2) is 47.5 Å². The predicted octanol–water partition coefficient (Wildman–Crippen LogP) is 1.95. The maximum Gasteiger partial charge on any atom is 0.224 e. The Hall–Kier alpha value is -1.69. The van der Waals surface area contributed by atoms with Crippen molar-refractivity contribution >= 4 is 11.7 Å². The van der Waals surface area contributed by atoms with E-state index < -0.39 is 0 Å². The Morgan fingerprint density at radius 1 is 1.41 bits per heavy atom. The fourth-order valence-electron chi connectivity index (χ4n) is 2.40.